The van der Waals surface area contributed by atoms with E-state index in [9.17, 15) is 0 Å². The lowest BCUT2D eigenvalue weighted by molar-refractivity contribution is 0.265. The summed E-state index contributed by atoms with van der Waals surface area (Å²) in [5, 5.41) is 21.4. The molecule has 1 aliphatic rings. The minimum atomic E-state index is 0.118. The van der Waals surface area contributed by atoms with Gasteiger partial charge in [0.1, 0.15) is 12.1 Å². The van der Waals surface area contributed by atoms with Crippen LogP contribution in [-0.2, 0) is 6.54 Å². The van der Waals surface area contributed by atoms with Gasteiger partial charge in [0.15, 0.2) is 5.65 Å². The van der Waals surface area contributed by atoms with E-state index >= 15 is 0 Å². The van der Waals surface area contributed by atoms with Crippen molar-refractivity contribution < 1.29 is 5.11 Å². The Kier molecular flexibility index (Phi) is 3.66. The molecule has 4 rings (SSSR count). The van der Waals surface area contributed by atoms with E-state index in [1.54, 1.807) is 12.5 Å². The molecule has 2 N–H and O–H groups in total. The zero-order valence-corrected chi connectivity index (χ0v) is 12.8. The van der Waals surface area contributed by atoms with Gasteiger partial charge in [0, 0.05) is 30.9 Å². The maximum atomic E-state index is 9.14. The monoisotopic (exact) mass is 313 g/mol. The van der Waals surface area contributed by atoms with E-state index in [1.807, 2.05) is 10.9 Å². The van der Waals surface area contributed by atoms with Crippen molar-refractivity contribution in [3.63, 3.8) is 0 Å². The molecule has 0 bridgehead atoms. The first-order valence-electron chi connectivity index (χ1n) is 7.88. The van der Waals surface area contributed by atoms with Gasteiger partial charge in [-0.25, -0.2) is 9.97 Å². The SMILES string of the molecule is OCCn1nccc1C1CCN(c2ncnc3[nH]ncc23)CC1. The van der Waals surface area contributed by atoms with Crippen molar-refractivity contribution in [2.45, 2.75) is 25.3 Å². The lowest BCUT2D eigenvalue weighted by Gasteiger charge is -2.33. The molecule has 0 saturated carbocycles. The third-order valence-electron chi connectivity index (χ3n) is 4.50. The third-order valence-corrected chi connectivity index (χ3v) is 4.50. The minimum Gasteiger partial charge on any atom is -0.394 e. The number of aliphatic hydroxyl groups excluding tert-OH is 1. The molecule has 0 aromatic carbocycles. The number of hydrogen-bond acceptors (Lipinski definition) is 6. The predicted molar refractivity (Wildman–Crippen MR) is 85.2 cm³/mol. The maximum absolute atomic E-state index is 9.14. The van der Waals surface area contributed by atoms with E-state index in [0.717, 1.165) is 42.8 Å². The normalized spacial score (nSPS) is 16.3. The molecule has 120 valence electrons. The van der Waals surface area contributed by atoms with Crippen LogP contribution in [0.2, 0.25) is 0 Å². The fourth-order valence-electron chi connectivity index (χ4n) is 3.36. The van der Waals surface area contributed by atoms with Crippen LogP contribution < -0.4 is 4.90 Å². The van der Waals surface area contributed by atoms with Gasteiger partial charge in [-0.3, -0.25) is 9.78 Å². The number of H-pyrrole nitrogens is 1. The maximum Gasteiger partial charge on any atom is 0.160 e. The van der Waals surface area contributed by atoms with Crippen LogP contribution in [0.5, 0.6) is 0 Å². The molecule has 8 nitrogen and oxygen atoms in total. The molecule has 3 aromatic rings. The van der Waals surface area contributed by atoms with Gasteiger partial charge in [-0.05, 0) is 18.9 Å². The zero-order chi connectivity index (χ0) is 15.6. The topological polar surface area (TPSA) is 95.7 Å². The highest BCUT2D eigenvalue weighted by Crippen LogP contribution is 2.31. The summed E-state index contributed by atoms with van der Waals surface area (Å²) >= 11 is 0. The van der Waals surface area contributed by atoms with E-state index in [4.69, 9.17) is 5.11 Å². The van der Waals surface area contributed by atoms with Crippen LogP contribution in [0.15, 0.2) is 24.8 Å². The van der Waals surface area contributed by atoms with Gasteiger partial charge in [-0.1, -0.05) is 0 Å². The second-order valence-corrected chi connectivity index (χ2v) is 5.79. The average Bonchev–Trinajstić information content (AvgIpc) is 3.24. The molecule has 0 spiro atoms. The molecule has 0 unspecified atom stereocenters. The first-order chi connectivity index (χ1) is 11.4. The molecule has 3 aromatic heterocycles. The number of nitrogens with zero attached hydrogens (tertiary/aromatic N) is 6. The fraction of sp³-hybridized carbons (Fsp3) is 0.467. The molecule has 0 aliphatic carbocycles. The van der Waals surface area contributed by atoms with Crippen LogP contribution in [0.3, 0.4) is 0 Å². The Hall–Kier alpha value is -2.48. The summed E-state index contributed by atoms with van der Waals surface area (Å²) in [4.78, 5) is 10.9. The summed E-state index contributed by atoms with van der Waals surface area (Å²) in [7, 11) is 0. The second-order valence-electron chi connectivity index (χ2n) is 5.79. The number of aliphatic hydroxyl groups is 1. The van der Waals surface area contributed by atoms with Gasteiger partial charge in [0.05, 0.1) is 24.7 Å². The Morgan fingerprint density at radius 2 is 2.13 bits per heavy atom. The highest BCUT2D eigenvalue weighted by atomic mass is 16.3. The Bertz CT molecular complexity index is 788. The third kappa shape index (κ3) is 2.55. The Labute approximate surface area is 133 Å². The zero-order valence-electron chi connectivity index (χ0n) is 12.8. The lowest BCUT2D eigenvalue weighted by Crippen LogP contribution is -2.34. The first-order valence-corrected chi connectivity index (χ1v) is 7.88. The van der Waals surface area contributed by atoms with Crippen molar-refractivity contribution in [1.29, 1.82) is 0 Å². The number of anilines is 1. The Morgan fingerprint density at radius 1 is 1.26 bits per heavy atom. The van der Waals surface area contributed by atoms with Crippen LogP contribution in [0.25, 0.3) is 11.0 Å². The van der Waals surface area contributed by atoms with Crippen molar-refractivity contribution in [2.75, 3.05) is 24.6 Å². The van der Waals surface area contributed by atoms with Gasteiger partial charge in [0.2, 0.25) is 0 Å². The molecule has 1 aliphatic heterocycles. The van der Waals surface area contributed by atoms with Crippen molar-refractivity contribution in [3.05, 3.63) is 30.5 Å². The summed E-state index contributed by atoms with van der Waals surface area (Å²) < 4.78 is 1.92. The van der Waals surface area contributed by atoms with Crippen molar-refractivity contribution in [3.8, 4) is 0 Å². The predicted octanol–water partition coefficient (Wildman–Crippen LogP) is 0.926. The summed E-state index contributed by atoms with van der Waals surface area (Å²) in [5.41, 5.74) is 1.99. The van der Waals surface area contributed by atoms with Crippen molar-refractivity contribution >= 4 is 16.9 Å². The molecule has 1 fully saturated rings. The first kappa shape index (κ1) is 14.1. The summed E-state index contributed by atoms with van der Waals surface area (Å²) in [5.74, 6) is 1.42. The fourth-order valence-corrected chi connectivity index (χ4v) is 3.36. The van der Waals surface area contributed by atoms with E-state index in [2.05, 4.69) is 36.2 Å². The number of rotatable bonds is 4. The number of aromatic amines is 1. The quantitative estimate of drug-likeness (QED) is 0.744. The van der Waals surface area contributed by atoms with E-state index in [1.165, 1.54) is 5.69 Å². The average molecular weight is 313 g/mol. The summed E-state index contributed by atoms with van der Waals surface area (Å²) in [6.07, 6.45) is 7.27. The van der Waals surface area contributed by atoms with Crippen molar-refractivity contribution in [1.82, 2.24) is 29.9 Å². The van der Waals surface area contributed by atoms with E-state index in [0.29, 0.717) is 12.5 Å². The number of aromatic nitrogens is 6. The number of hydrogen-bond donors (Lipinski definition) is 2. The van der Waals surface area contributed by atoms with Crippen LogP contribution >= 0.6 is 0 Å². The molecule has 4 heterocycles. The van der Waals surface area contributed by atoms with E-state index in [-0.39, 0.29) is 6.61 Å². The standard InChI is InChI=1S/C15H19N7O/c23-8-7-22-13(1-4-19-22)11-2-5-21(6-3-11)15-12-9-18-20-14(12)16-10-17-15/h1,4,9-11,23H,2-3,5-8H2,(H,16,17,18,20). The highest BCUT2D eigenvalue weighted by Gasteiger charge is 2.25. The largest absolute Gasteiger partial charge is 0.394 e. The van der Waals surface area contributed by atoms with Crippen LogP contribution in [0, 0.1) is 0 Å². The molecule has 1 saturated heterocycles. The van der Waals surface area contributed by atoms with Gasteiger partial charge in [0.25, 0.3) is 0 Å². The highest BCUT2D eigenvalue weighted by molar-refractivity contribution is 5.86. The van der Waals surface area contributed by atoms with Gasteiger partial charge >= 0.3 is 0 Å². The molecule has 0 amide bonds. The molecular weight excluding hydrogens is 294 g/mol. The second kappa shape index (κ2) is 5.96. The van der Waals surface area contributed by atoms with Gasteiger partial charge in [-0.2, -0.15) is 10.2 Å². The summed E-state index contributed by atoms with van der Waals surface area (Å²) in [6, 6.07) is 2.06. The van der Waals surface area contributed by atoms with Crippen LogP contribution in [0.4, 0.5) is 5.82 Å². The van der Waals surface area contributed by atoms with E-state index < -0.39 is 0 Å². The summed E-state index contributed by atoms with van der Waals surface area (Å²) in [6.45, 7) is 2.55. The van der Waals surface area contributed by atoms with Crippen LogP contribution in [-0.4, -0.2) is 54.7 Å². The Balaban J connectivity index is 1.51. The molecule has 0 atom stereocenters. The minimum absolute atomic E-state index is 0.118. The number of nitrogens with one attached hydrogen (secondary N) is 1. The molecular formula is C15H19N7O. The van der Waals surface area contributed by atoms with Gasteiger partial charge < -0.3 is 10.0 Å². The molecule has 23 heavy (non-hydrogen) atoms. The number of piperidine rings is 1. The smallest absolute Gasteiger partial charge is 0.160 e. The van der Waals surface area contributed by atoms with Crippen LogP contribution in [0.1, 0.15) is 24.5 Å². The van der Waals surface area contributed by atoms with Gasteiger partial charge in [-0.15, -0.1) is 0 Å². The van der Waals surface area contributed by atoms with Crippen molar-refractivity contribution in [2.24, 2.45) is 0 Å². The lowest BCUT2D eigenvalue weighted by atomic mass is 9.93. The molecule has 8 heteroatoms. The molecule has 0 radical (unpaired) electrons. The Morgan fingerprint density at radius 3 is 2.96 bits per heavy atom. The number of fused-ring (bicyclic) bond motifs is 1.